The molecule has 0 spiro atoms. The third-order valence-electron chi connectivity index (χ3n) is 3.69. The minimum Gasteiger partial charge on any atom is -0.378 e. The minimum atomic E-state index is 0.266. The average Bonchev–Trinajstić information content (AvgIpc) is 2.86. The second kappa shape index (κ2) is 4.73. The van der Waals surface area contributed by atoms with Crippen LogP contribution in [-0.4, -0.2) is 37.2 Å². The van der Waals surface area contributed by atoms with Gasteiger partial charge in [-0.05, 0) is 39.7 Å². The first-order chi connectivity index (χ1) is 7.63. The summed E-state index contributed by atoms with van der Waals surface area (Å²) < 4.78 is 5.74. The lowest BCUT2D eigenvalue weighted by molar-refractivity contribution is 0.0333. The number of hydrogen-bond donors (Lipinski definition) is 0. The molecule has 0 aromatic heterocycles. The van der Waals surface area contributed by atoms with E-state index >= 15 is 0 Å². The van der Waals surface area contributed by atoms with Crippen molar-refractivity contribution in [3.05, 3.63) is 0 Å². The van der Waals surface area contributed by atoms with E-state index in [2.05, 4.69) is 24.8 Å². The zero-order valence-electron chi connectivity index (χ0n) is 10.4. The summed E-state index contributed by atoms with van der Waals surface area (Å²) in [6.07, 6.45) is 3.99. The lowest BCUT2D eigenvalue weighted by Gasteiger charge is -2.23. The van der Waals surface area contributed by atoms with Gasteiger partial charge in [0.05, 0.1) is 24.7 Å². The van der Waals surface area contributed by atoms with Crippen molar-refractivity contribution in [3.8, 4) is 6.07 Å². The molecule has 1 saturated carbocycles. The highest BCUT2D eigenvalue weighted by atomic mass is 16.5. The molecular formula is C13H22N2O. The van der Waals surface area contributed by atoms with Crippen molar-refractivity contribution in [2.45, 2.75) is 39.2 Å². The number of nitriles is 1. The van der Waals surface area contributed by atoms with Gasteiger partial charge in [-0.2, -0.15) is 5.26 Å². The van der Waals surface area contributed by atoms with E-state index in [4.69, 9.17) is 10.00 Å². The summed E-state index contributed by atoms with van der Waals surface area (Å²) in [6, 6.07) is 2.38. The van der Waals surface area contributed by atoms with Gasteiger partial charge >= 0.3 is 0 Å². The zero-order valence-corrected chi connectivity index (χ0v) is 10.4. The summed E-state index contributed by atoms with van der Waals surface area (Å²) in [4.78, 5) is 2.45. The monoisotopic (exact) mass is 222 g/mol. The van der Waals surface area contributed by atoms with Gasteiger partial charge in [0.1, 0.15) is 0 Å². The standard InChI is InChI=1S/C13H22N2O/c1-11(2)16-10-13(4-5-13)9-15-6-3-12(7-14)8-15/h11-12H,3-6,8-10H2,1-2H3. The molecule has 3 heteroatoms. The Morgan fingerprint density at radius 1 is 1.50 bits per heavy atom. The fraction of sp³-hybridized carbons (Fsp3) is 0.923. The first-order valence-corrected chi connectivity index (χ1v) is 6.37. The molecule has 16 heavy (non-hydrogen) atoms. The van der Waals surface area contributed by atoms with Crippen molar-refractivity contribution in [2.24, 2.45) is 11.3 Å². The molecule has 2 aliphatic rings. The predicted molar refractivity (Wildman–Crippen MR) is 62.9 cm³/mol. The van der Waals surface area contributed by atoms with Crippen LogP contribution in [0.5, 0.6) is 0 Å². The largest absolute Gasteiger partial charge is 0.378 e. The molecule has 1 aliphatic heterocycles. The van der Waals surface area contributed by atoms with Crippen LogP contribution in [0.15, 0.2) is 0 Å². The van der Waals surface area contributed by atoms with Gasteiger partial charge in [-0.25, -0.2) is 0 Å². The number of likely N-dealkylation sites (tertiary alicyclic amines) is 1. The molecule has 0 amide bonds. The van der Waals surface area contributed by atoms with Crippen LogP contribution in [0.2, 0.25) is 0 Å². The maximum absolute atomic E-state index is 8.87. The van der Waals surface area contributed by atoms with Crippen molar-refractivity contribution in [2.75, 3.05) is 26.2 Å². The second-order valence-corrected chi connectivity index (χ2v) is 5.71. The van der Waals surface area contributed by atoms with Gasteiger partial charge in [-0.1, -0.05) is 0 Å². The van der Waals surface area contributed by atoms with E-state index in [0.717, 1.165) is 32.7 Å². The molecule has 0 bridgehead atoms. The predicted octanol–water partition coefficient (Wildman–Crippen LogP) is 2.04. The second-order valence-electron chi connectivity index (χ2n) is 5.71. The molecule has 0 radical (unpaired) electrons. The Labute approximate surface area is 98.4 Å². The molecule has 0 N–H and O–H groups in total. The van der Waals surface area contributed by atoms with Gasteiger partial charge in [-0.3, -0.25) is 0 Å². The molecule has 1 saturated heterocycles. The summed E-state index contributed by atoms with van der Waals surface area (Å²) in [6.45, 7) is 8.30. The quantitative estimate of drug-likeness (QED) is 0.714. The minimum absolute atomic E-state index is 0.266. The van der Waals surface area contributed by atoms with Gasteiger partial charge in [-0.15, -0.1) is 0 Å². The van der Waals surface area contributed by atoms with Crippen molar-refractivity contribution < 1.29 is 4.74 Å². The molecule has 1 heterocycles. The Hall–Kier alpha value is -0.590. The van der Waals surface area contributed by atoms with E-state index in [0.29, 0.717) is 11.5 Å². The fourth-order valence-electron chi connectivity index (χ4n) is 2.42. The van der Waals surface area contributed by atoms with Crippen LogP contribution in [0.1, 0.15) is 33.1 Å². The van der Waals surface area contributed by atoms with Crippen LogP contribution in [-0.2, 0) is 4.74 Å². The lowest BCUT2D eigenvalue weighted by Crippen LogP contribution is -2.31. The summed E-state index contributed by atoms with van der Waals surface area (Å²) in [5.41, 5.74) is 0.425. The molecule has 2 fully saturated rings. The smallest absolute Gasteiger partial charge is 0.0669 e. The van der Waals surface area contributed by atoms with Gasteiger partial charge < -0.3 is 9.64 Å². The van der Waals surface area contributed by atoms with Gasteiger partial charge in [0, 0.05) is 18.5 Å². The summed E-state index contributed by atoms with van der Waals surface area (Å²) in [7, 11) is 0. The molecule has 3 nitrogen and oxygen atoms in total. The third kappa shape index (κ3) is 2.96. The normalized spacial score (nSPS) is 28.2. The van der Waals surface area contributed by atoms with E-state index in [1.165, 1.54) is 12.8 Å². The first kappa shape index (κ1) is 11.9. The molecule has 2 rings (SSSR count). The van der Waals surface area contributed by atoms with E-state index in [9.17, 15) is 0 Å². The fourth-order valence-corrected chi connectivity index (χ4v) is 2.42. The van der Waals surface area contributed by atoms with E-state index in [-0.39, 0.29) is 5.92 Å². The van der Waals surface area contributed by atoms with Gasteiger partial charge in [0.15, 0.2) is 0 Å². The molecule has 0 aromatic rings. The van der Waals surface area contributed by atoms with Crippen molar-refractivity contribution in [3.63, 3.8) is 0 Å². The van der Waals surface area contributed by atoms with Crippen molar-refractivity contribution >= 4 is 0 Å². The zero-order chi connectivity index (χ0) is 11.6. The van der Waals surface area contributed by atoms with Crippen LogP contribution in [0.25, 0.3) is 0 Å². The van der Waals surface area contributed by atoms with Gasteiger partial charge in [0.25, 0.3) is 0 Å². The summed E-state index contributed by atoms with van der Waals surface area (Å²) in [5, 5.41) is 8.87. The van der Waals surface area contributed by atoms with E-state index in [1.54, 1.807) is 0 Å². The van der Waals surface area contributed by atoms with Crippen LogP contribution in [0, 0.1) is 22.7 Å². The molecule has 1 unspecified atom stereocenters. The Balaban J connectivity index is 1.75. The van der Waals surface area contributed by atoms with E-state index < -0.39 is 0 Å². The topological polar surface area (TPSA) is 36.3 Å². The lowest BCUT2D eigenvalue weighted by atomic mass is 10.1. The molecule has 90 valence electrons. The number of hydrogen-bond acceptors (Lipinski definition) is 3. The number of rotatable bonds is 5. The Morgan fingerprint density at radius 3 is 2.75 bits per heavy atom. The summed E-state index contributed by atoms with van der Waals surface area (Å²) in [5.74, 6) is 0.266. The summed E-state index contributed by atoms with van der Waals surface area (Å²) >= 11 is 0. The third-order valence-corrected chi connectivity index (χ3v) is 3.69. The maximum atomic E-state index is 8.87. The van der Waals surface area contributed by atoms with Crippen LogP contribution in [0.4, 0.5) is 0 Å². The molecule has 1 atom stereocenters. The van der Waals surface area contributed by atoms with Crippen LogP contribution < -0.4 is 0 Å². The molecular weight excluding hydrogens is 200 g/mol. The number of ether oxygens (including phenoxy) is 1. The Kier molecular flexibility index (Phi) is 3.51. The first-order valence-electron chi connectivity index (χ1n) is 6.37. The van der Waals surface area contributed by atoms with Gasteiger partial charge in [0.2, 0.25) is 0 Å². The van der Waals surface area contributed by atoms with E-state index in [1.807, 2.05) is 0 Å². The average molecular weight is 222 g/mol. The Bertz CT molecular complexity index is 278. The van der Waals surface area contributed by atoms with Crippen molar-refractivity contribution in [1.29, 1.82) is 5.26 Å². The highest BCUT2D eigenvalue weighted by Crippen LogP contribution is 2.47. The highest BCUT2D eigenvalue weighted by Gasteiger charge is 2.45. The SMILES string of the molecule is CC(C)OCC1(CN2CCC(C#N)C2)CC1. The molecule has 0 aromatic carbocycles. The Morgan fingerprint density at radius 2 is 2.25 bits per heavy atom. The van der Waals surface area contributed by atoms with Crippen LogP contribution >= 0.6 is 0 Å². The highest BCUT2D eigenvalue weighted by molar-refractivity contribution is 4.99. The maximum Gasteiger partial charge on any atom is 0.0669 e. The molecule has 1 aliphatic carbocycles. The van der Waals surface area contributed by atoms with Crippen LogP contribution in [0.3, 0.4) is 0 Å². The number of nitrogens with zero attached hydrogens (tertiary/aromatic N) is 2. The van der Waals surface area contributed by atoms with Crippen molar-refractivity contribution in [1.82, 2.24) is 4.90 Å².